The summed E-state index contributed by atoms with van der Waals surface area (Å²) in [6.45, 7) is 6.18. The highest BCUT2D eigenvalue weighted by atomic mass is 19.1. The lowest BCUT2D eigenvalue weighted by atomic mass is 9.96. The highest BCUT2D eigenvalue weighted by Crippen LogP contribution is 2.23. The normalized spacial score (nSPS) is 13.2. The van der Waals surface area contributed by atoms with E-state index in [-0.39, 0.29) is 23.6 Å². The van der Waals surface area contributed by atoms with Gasteiger partial charge in [-0.05, 0) is 51.1 Å². The van der Waals surface area contributed by atoms with Crippen molar-refractivity contribution in [1.82, 2.24) is 20.2 Å². The van der Waals surface area contributed by atoms with Crippen LogP contribution in [0.2, 0.25) is 0 Å². The topological polar surface area (TPSA) is 67.7 Å². The zero-order valence-corrected chi connectivity index (χ0v) is 18.3. The maximum Gasteiger partial charge on any atom is 0.255 e. The van der Waals surface area contributed by atoms with Gasteiger partial charge in [0.25, 0.3) is 5.91 Å². The van der Waals surface area contributed by atoms with Gasteiger partial charge in [-0.1, -0.05) is 19.4 Å². The third kappa shape index (κ3) is 5.02. The first-order chi connectivity index (χ1) is 14.8. The minimum atomic E-state index is -0.677. The molecule has 31 heavy (non-hydrogen) atoms. The van der Waals surface area contributed by atoms with Crippen molar-refractivity contribution in [3.05, 3.63) is 64.9 Å². The first kappa shape index (κ1) is 22.7. The summed E-state index contributed by atoms with van der Waals surface area (Å²) < 4.78 is 35.0. The first-order valence-electron chi connectivity index (χ1n) is 10.3. The Morgan fingerprint density at radius 2 is 1.97 bits per heavy atom. The molecule has 0 saturated carbocycles. The molecule has 8 heteroatoms. The average molecular weight is 430 g/mol. The van der Waals surface area contributed by atoms with Crippen LogP contribution < -0.4 is 15.4 Å². The predicted octanol–water partition coefficient (Wildman–Crippen LogP) is 4.01. The van der Waals surface area contributed by atoms with Crippen LogP contribution in [0, 0.1) is 18.6 Å². The molecule has 1 unspecified atom stereocenters. The zero-order chi connectivity index (χ0) is 22.6. The van der Waals surface area contributed by atoms with Gasteiger partial charge in [-0.2, -0.15) is 5.10 Å². The Hall–Kier alpha value is -3.00. The number of carbonyl (C=O) groups is 1. The third-order valence-electron chi connectivity index (χ3n) is 5.45. The molecule has 2 aromatic heterocycles. The van der Waals surface area contributed by atoms with Crippen LogP contribution in [0.1, 0.15) is 48.2 Å². The fourth-order valence-electron chi connectivity index (χ4n) is 3.50. The molecule has 0 aliphatic carbocycles. The monoisotopic (exact) mass is 430 g/mol. The van der Waals surface area contributed by atoms with Gasteiger partial charge in [0.05, 0.1) is 22.8 Å². The molecule has 2 heterocycles. The van der Waals surface area contributed by atoms with E-state index < -0.39 is 11.6 Å². The number of hydrogen-bond donors (Lipinski definition) is 2. The molecule has 166 valence electrons. The minimum Gasteiger partial charge on any atom is -0.473 e. The number of carbonyl (C=O) groups excluding carboxylic acids is 1. The number of nitrogens with zero attached hydrogens (tertiary/aromatic N) is 2. The molecule has 6 nitrogen and oxygen atoms in total. The number of fused-ring (bicyclic) bond motifs is 1. The predicted molar refractivity (Wildman–Crippen MR) is 115 cm³/mol. The van der Waals surface area contributed by atoms with Crippen molar-refractivity contribution in [2.75, 3.05) is 13.6 Å². The van der Waals surface area contributed by atoms with E-state index in [9.17, 15) is 13.6 Å². The number of pyridine rings is 1. The van der Waals surface area contributed by atoms with E-state index in [1.165, 1.54) is 28.9 Å². The van der Waals surface area contributed by atoms with Crippen LogP contribution in [0.15, 0.2) is 36.5 Å². The highest BCUT2D eigenvalue weighted by Gasteiger charge is 2.23. The van der Waals surface area contributed by atoms with Gasteiger partial charge in [0.1, 0.15) is 18.2 Å². The van der Waals surface area contributed by atoms with Crippen molar-refractivity contribution in [1.29, 1.82) is 0 Å². The fourth-order valence-corrected chi connectivity index (χ4v) is 3.50. The van der Waals surface area contributed by atoms with Crippen LogP contribution in [-0.2, 0) is 6.61 Å². The summed E-state index contributed by atoms with van der Waals surface area (Å²) >= 11 is 0. The quantitative estimate of drug-likeness (QED) is 0.538. The van der Waals surface area contributed by atoms with Gasteiger partial charge in [-0.3, -0.25) is 4.79 Å². The second-order valence-electron chi connectivity index (χ2n) is 7.96. The maximum atomic E-state index is 13.9. The number of likely N-dealkylation sites (N-methyl/N-ethyl adjacent to an activating group) is 1. The number of aryl methyl sites for hydroxylation is 1. The number of nitrogens with one attached hydrogen (secondary N) is 2. The molecule has 1 aromatic carbocycles. The molecular weight excluding hydrogens is 402 g/mol. The molecule has 3 aromatic rings. The number of aromatic nitrogens is 2. The number of rotatable bonds is 9. The molecule has 1 amide bonds. The molecule has 0 saturated heterocycles. The van der Waals surface area contributed by atoms with Crippen molar-refractivity contribution in [3.8, 4) is 5.88 Å². The third-order valence-corrected chi connectivity index (χ3v) is 5.45. The first-order valence-corrected chi connectivity index (χ1v) is 10.3. The standard InChI is InChI=1S/C23H28F2N4O2/c1-5-9-23(3,26-4)14-27-22(30)16-12-28-29-20(16)10-15(2)11-21(29)31-13-17-18(24)7-6-8-19(17)25/h6-8,10-12,26H,5,9,13-14H2,1-4H3,(H,27,30). The largest absolute Gasteiger partial charge is 0.473 e. The lowest BCUT2D eigenvalue weighted by molar-refractivity contribution is 0.0941. The summed E-state index contributed by atoms with van der Waals surface area (Å²) in [6, 6.07) is 7.20. The van der Waals surface area contributed by atoms with Crippen LogP contribution >= 0.6 is 0 Å². The molecule has 0 aliphatic rings. The van der Waals surface area contributed by atoms with E-state index in [1.54, 1.807) is 6.07 Å². The summed E-state index contributed by atoms with van der Waals surface area (Å²) in [4.78, 5) is 12.8. The maximum absolute atomic E-state index is 13.9. The van der Waals surface area contributed by atoms with Crippen LogP contribution in [0.25, 0.3) is 5.52 Å². The Labute approximate surface area is 180 Å². The van der Waals surface area contributed by atoms with Gasteiger partial charge >= 0.3 is 0 Å². The SMILES string of the molecule is CCCC(C)(CNC(=O)c1cnn2c(OCc3c(F)cccc3F)cc(C)cc12)NC. The number of hydrogen-bond acceptors (Lipinski definition) is 4. The Bertz CT molecular complexity index is 1060. The van der Waals surface area contributed by atoms with Gasteiger partial charge in [0, 0.05) is 18.2 Å². The van der Waals surface area contributed by atoms with E-state index >= 15 is 0 Å². The van der Waals surface area contributed by atoms with Crippen molar-refractivity contribution in [2.45, 2.75) is 45.8 Å². The average Bonchev–Trinajstić information content (AvgIpc) is 3.15. The van der Waals surface area contributed by atoms with Gasteiger partial charge in [-0.25, -0.2) is 13.3 Å². The van der Waals surface area contributed by atoms with E-state index in [2.05, 4.69) is 29.6 Å². The van der Waals surface area contributed by atoms with Crippen molar-refractivity contribution in [2.24, 2.45) is 0 Å². The molecular formula is C23H28F2N4O2. The van der Waals surface area contributed by atoms with Gasteiger partial charge in [-0.15, -0.1) is 0 Å². The summed E-state index contributed by atoms with van der Waals surface area (Å²) in [5, 5.41) is 10.5. The van der Waals surface area contributed by atoms with Crippen LogP contribution in [0.3, 0.4) is 0 Å². The minimum absolute atomic E-state index is 0.162. The van der Waals surface area contributed by atoms with Crippen molar-refractivity contribution >= 4 is 11.4 Å². The molecule has 0 radical (unpaired) electrons. The molecule has 1 atom stereocenters. The van der Waals surface area contributed by atoms with E-state index in [1.807, 2.05) is 20.0 Å². The molecule has 0 bridgehead atoms. The Morgan fingerprint density at radius 1 is 1.26 bits per heavy atom. The number of benzene rings is 1. The summed E-state index contributed by atoms with van der Waals surface area (Å²) in [5.41, 5.74) is 1.42. The van der Waals surface area contributed by atoms with E-state index in [0.29, 0.717) is 23.5 Å². The highest BCUT2D eigenvalue weighted by molar-refractivity contribution is 6.00. The van der Waals surface area contributed by atoms with Crippen LogP contribution in [0.5, 0.6) is 5.88 Å². The summed E-state index contributed by atoms with van der Waals surface area (Å²) in [6.07, 6.45) is 3.38. The van der Waals surface area contributed by atoms with Gasteiger partial charge in [0.2, 0.25) is 5.88 Å². The fraction of sp³-hybridized carbons (Fsp3) is 0.391. The van der Waals surface area contributed by atoms with Crippen LogP contribution in [-0.4, -0.2) is 34.7 Å². The molecule has 0 aliphatic heterocycles. The molecule has 0 fully saturated rings. The Kier molecular flexibility index (Phi) is 6.90. The summed E-state index contributed by atoms with van der Waals surface area (Å²) in [5.74, 6) is -1.31. The lowest BCUT2D eigenvalue weighted by Crippen LogP contribution is -2.49. The number of ether oxygens (including phenoxy) is 1. The Balaban J connectivity index is 1.83. The van der Waals surface area contributed by atoms with E-state index in [4.69, 9.17) is 4.74 Å². The van der Waals surface area contributed by atoms with Gasteiger partial charge in [0.15, 0.2) is 0 Å². The lowest BCUT2D eigenvalue weighted by Gasteiger charge is -2.29. The van der Waals surface area contributed by atoms with Crippen LogP contribution in [0.4, 0.5) is 8.78 Å². The molecule has 0 spiro atoms. The second kappa shape index (κ2) is 9.43. The zero-order valence-electron chi connectivity index (χ0n) is 18.3. The number of halogens is 2. The van der Waals surface area contributed by atoms with Crippen molar-refractivity contribution < 1.29 is 18.3 Å². The smallest absolute Gasteiger partial charge is 0.255 e. The molecule has 2 N–H and O–H groups in total. The second-order valence-corrected chi connectivity index (χ2v) is 7.96. The molecule has 3 rings (SSSR count). The van der Waals surface area contributed by atoms with Gasteiger partial charge < -0.3 is 15.4 Å². The van der Waals surface area contributed by atoms with Crippen molar-refractivity contribution in [3.63, 3.8) is 0 Å². The number of amides is 1. The Morgan fingerprint density at radius 3 is 2.61 bits per heavy atom. The summed E-state index contributed by atoms with van der Waals surface area (Å²) in [7, 11) is 1.88. The van der Waals surface area contributed by atoms with E-state index in [0.717, 1.165) is 18.4 Å².